The molecule has 3 N–H and O–H groups in total. The van der Waals surface area contributed by atoms with Crippen LogP contribution in [0.1, 0.15) is 13.3 Å². The van der Waals surface area contributed by atoms with Gasteiger partial charge in [-0.1, -0.05) is 0 Å². The van der Waals surface area contributed by atoms with Crippen LogP contribution in [0.4, 0.5) is 17.5 Å². The van der Waals surface area contributed by atoms with Crippen molar-refractivity contribution in [3.8, 4) is 0 Å². The van der Waals surface area contributed by atoms with E-state index in [-0.39, 0.29) is 29.6 Å². The number of hydrogen-bond donors (Lipinski definition) is 2. The summed E-state index contributed by atoms with van der Waals surface area (Å²) < 4.78 is 5.36. The van der Waals surface area contributed by atoms with Gasteiger partial charge < -0.3 is 15.8 Å². The van der Waals surface area contributed by atoms with Crippen LogP contribution in [0.3, 0.4) is 0 Å². The molecule has 1 aliphatic heterocycles. The average molecular weight is 239 g/mol. The minimum atomic E-state index is -0.539. The minimum absolute atomic E-state index is 0.00278. The van der Waals surface area contributed by atoms with Crippen molar-refractivity contribution >= 4 is 17.5 Å². The van der Waals surface area contributed by atoms with Crippen LogP contribution in [0, 0.1) is 10.1 Å². The number of nitro groups is 1. The largest absolute Gasteiger partial charge is 0.376 e. The molecule has 0 aliphatic carbocycles. The fraction of sp³-hybridized carbons (Fsp3) is 0.556. The van der Waals surface area contributed by atoms with Crippen LogP contribution in [-0.4, -0.2) is 33.6 Å². The maximum Gasteiger partial charge on any atom is 0.329 e. The molecule has 0 spiro atoms. The van der Waals surface area contributed by atoms with E-state index in [4.69, 9.17) is 10.5 Å². The number of rotatable bonds is 3. The molecule has 17 heavy (non-hydrogen) atoms. The molecule has 8 heteroatoms. The lowest BCUT2D eigenvalue weighted by Crippen LogP contribution is -2.27. The molecule has 1 aromatic rings. The zero-order chi connectivity index (χ0) is 12.4. The number of aromatic nitrogens is 2. The number of anilines is 2. The molecule has 2 atom stereocenters. The number of nitrogens with one attached hydrogen (secondary N) is 1. The summed E-state index contributed by atoms with van der Waals surface area (Å²) in [5, 5.41) is 13.8. The van der Waals surface area contributed by atoms with Crippen LogP contribution in [0.15, 0.2) is 6.20 Å². The first-order valence-electron chi connectivity index (χ1n) is 5.23. The zero-order valence-electron chi connectivity index (χ0n) is 9.29. The van der Waals surface area contributed by atoms with Gasteiger partial charge >= 0.3 is 5.69 Å². The molecular weight excluding hydrogens is 226 g/mol. The quantitative estimate of drug-likeness (QED) is 0.584. The first-order valence-corrected chi connectivity index (χ1v) is 5.23. The van der Waals surface area contributed by atoms with Crippen molar-refractivity contribution in [1.82, 2.24) is 9.97 Å². The van der Waals surface area contributed by atoms with E-state index in [2.05, 4.69) is 15.3 Å². The molecule has 0 saturated carbocycles. The van der Waals surface area contributed by atoms with Crippen LogP contribution in [-0.2, 0) is 4.74 Å². The Bertz CT molecular complexity index is 439. The van der Waals surface area contributed by atoms with E-state index >= 15 is 0 Å². The fourth-order valence-corrected chi connectivity index (χ4v) is 1.73. The van der Waals surface area contributed by atoms with Gasteiger partial charge in [0.2, 0.25) is 11.8 Å². The fourth-order valence-electron chi connectivity index (χ4n) is 1.73. The van der Waals surface area contributed by atoms with Crippen molar-refractivity contribution in [3.63, 3.8) is 0 Å². The highest BCUT2D eigenvalue weighted by atomic mass is 16.6. The molecular formula is C9H13N5O3. The lowest BCUT2D eigenvalue weighted by molar-refractivity contribution is -0.384. The van der Waals surface area contributed by atoms with Crippen molar-refractivity contribution in [2.75, 3.05) is 17.7 Å². The lowest BCUT2D eigenvalue weighted by Gasteiger charge is -2.16. The second kappa shape index (κ2) is 4.50. The van der Waals surface area contributed by atoms with Gasteiger partial charge in [0.25, 0.3) is 0 Å². The first-order chi connectivity index (χ1) is 8.08. The summed E-state index contributed by atoms with van der Waals surface area (Å²) in [5.74, 6) is 0.148. The first kappa shape index (κ1) is 11.5. The third-order valence-corrected chi connectivity index (χ3v) is 2.68. The normalized spacial score (nSPS) is 23.6. The van der Waals surface area contributed by atoms with Crippen molar-refractivity contribution in [2.45, 2.75) is 25.5 Å². The van der Waals surface area contributed by atoms with Gasteiger partial charge in [-0.15, -0.1) is 0 Å². The van der Waals surface area contributed by atoms with Crippen LogP contribution < -0.4 is 11.1 Å². The highest BCUT2D eigenvalue weighted by molar-refractivity contribution is 5.57. The molecule has 1 fully saturated rings. The molecule has 2 heterocycles. The Hall–Kier alpha value is -1.96. The SMILES string of the molecule is CC1OCCC1Nc1nc(N)ncc1[N+](=O)[O-]. The van der Waals surface area contributed by atoms with Crippen LogP contribution >= 0.6 is 0 Å². The van der Waals surface area contributed by atoms with Crippen molar-refractivity contribution in [3.05, 3.63) is 16.3 Å². The maximum absolute atomic E-state index is 10.8. The van der Waals surface area contributed by atoms with E-state index in [0.29, 0.717) is 6.61 Å². The molecule has 2 rings (SSSR count). The van der Waals surface area contributed by atoms with E-state index < -0.39 is 4.92 Å². The highest BCUT2D eigenvalue weighted by Crippen LogP contribution is 2.25. The van der Waals surface area contributed by atoms with Crippen LogP contribution in [0.25, 0.3) is 0 Å². The predicted molar refractivity (Wildman–Crippen MR) is 60.5 cm³/mol. The van der Waals surface area contributed by atoms with Crippen molar-refractivity contribution < 1.29 is 9.66 Å². The highest BCUT2D eigenvalue weighted by Gasteiger charge is 2.27. The van der Waals surface area contributed by atoms with E-state index in [1.165, 1.54) is 0 Å². The smallest absolute Gasteiger partial charge is 0.329 e. The summed E-state index contributed by atoms with van der Waals surface area (Å²) in [7, 11) is 0. The topological polar surface area (TPSA) is 116 Å². The molecule has 1 aliphatic rings. The van der Waals surface area contributed by atoms with Gasteiger partial charge in [0.05, 0.1) is 17.1 Å². The van der Waals surface area contributed by atoms with E-state index in [1.807, 2.05) is 6.92 Å². The van der Waals surface area contributed by atoms with E-state index in [1.54, 1.807) is 0 Å². The number of hydrogen-bond acceptors (Lipinski definition) is 7. The molecule has 0 amide bonds. The minimum Gasteiger partial charge on any atom is -0.376 e. The molecule has 1 saturated heterocycles. The van der Waals surface area contributed by atoms with Gasteiger partial charge in [-0.05, 0) is 13.3 Å². The Morgan fingerprint density at radius 2 is 2.47 bits per heavy atom. The van der Waals surface area contributed by atoms with E-state index in [0.717, 1.165) is 12.6 Å². The summed E-state index contributed by atoms with van der Waals surface area (Å²) in [6.45, 7) is 2.54. The summed E-state index contributed by atoms with van der Waals surface area (Å²) >= 11 is 0. The number of ether oxygens (including phenoxy) is 1. The molecule has 8 nitrogen and oxygen atoms in total. The Labute approximate surface area is 97.3 Å². The summed E-state index contributed by atoms with van der Waals surface area (Å²) in [5.41, 5.74) is 5.24. The second-order valence-corrected chi connectivity index (χ2v) is 3.83. The van der Waals surface area contributed by atoms with Crippen molar-refractivity contribution in [2.24, 2.45) is 0 Å². The Balaban J connectivity index is 2.24. The standard InChI is InChI=1S/C9H13N5O3/c1-5-6(2-3-17-5)12-8-7(14(15)16)4-11-9(10)13-8/h4-6H,2-3H2,1H3,(H3,10,11,12,13). The van der Waals surface area contributed by atoms with Crippen molar-refractivity contribution in [1.29, 1.82) is 0 Å². The molecule has 0 radical (unpaired) electrons. The summed E-state index contributed by atoms with van der Waals surface area (Å²) in [4.78, 5) is 17.7. The average Bonchev–Trinajstić information content (AvgIpc) is 2.64. The molecule has 0 aromatic carbocycles. The third-order valence-electron chi connectivity index (χ3n) is 2.68. The Kier molecular flexibility index (Phi) is 3.05. The molecule has 2 unspecified atom stereocenters. The predicted octanol–water partition coefficient (Wildman–Crippen LogP) is 0.556. The Morgan fingerprint density at radius 1 is 1.71 bits per heavy atom. The molecule has 0 bridgehead atoms. The van der Waals surface area contributed by atoms with E-state index in [9.17, 15) is 10.1 Å². The Morgan fingerprint density at radius 3 is 3.06 bits per heavy atom. The third kappa shape index (κ3) is 2.41. The van der Waals surface area contributed by atoms with Crippen LogP contribution in [0.2, 0.25) is 0 Å². The van der Waals surface area contributed by atoms with Gasteiger partial charge in [-0.3, -0.25) is 10.1 Å². The maximum atomic E-state index is 10.8. The molecule has 1 aromatic heterocycles. The van der Waals surface area contributed by atoms with Gasteiger partial charge in [0, 0.05) is 6.61 Å². The monoisotopic (exact) mass is 239 g/mol. The van der Waals surface area contributed by atoms with Gasteiger partial charge in [-0.25, -0.2) is 4.98 Å². The lowest BCUT2D eigenvalue weighted by atomic mass is 10.1. The number of nitrogens with two attached hydrogens (primary N) is 1. The zero-order valence-corrected chi connectivity index (χ0v) is 9.29. The van der Waals surface area contributed by atoms with Gasteiger partial charge in [0.15, 0.2) is 0 Å². The molecule has 92 valence electrons. The number of nitrogens with zero attached hydrogens (tertiary/aromatic N) is 3. The number of nitrogen functional groups attached to an aromatic ring is 1. The summed E-state index contributed by atoms with van der Waals surface area (Å²) in [6.07, 6.45) is 1.87. The second-order valence-electron chi connectivity index (χ2n) is 3.83. The summed E-state index contributed by atoms with van der Waals surface area (Å²) in [6, 6.07) is 0.00278. The van der Waals surface area contributed by atoms with Gasteiger partial charge in [-0.2, -0.15) is 4.98 Å². The van der Waals surface area contributed by atoms with Crippen LogP contribution in [0.5, 0.6) is 0 Å². The van der Waals surface area contributed by atoms with Gasteiger partial charge in [0.1, 0.15) is 6.20 Å².